The molecule has 0 bridgehead atoms. The van der Waals surface area contributed by atoms with Gasteiger partial charge in [-0.1, -0.05) is 0 Å². The molecule has 4 heteroatoms. The van der Waals surface area contributed by atoms with E-state index in [1.54, 1.807) is 0 Å². The summed E-state index contributed by atoms with van der Waals surface area (Å²) in [6.07, 6.45) is 1.63. The average molecular weight is 172 g/mol. The summed E-state index contributed by atoms with van der Waals surface area (Å²) >= 11 is 0. The van der Waals surface area contributed by atoms with Crippen molar-refractivity contribution >= 4 is 5.91 Å². The van der Waals surface area contributed by atoms with Crippen molar-refractivity contribution in [3.8, 4) is 0 Å². The molecule has 1 saturated heterocycles. The average Bonchev–Trinajstić information content (AvgIpc) is 2.04. The minimum atomic E-state index is -0.788. The van der Waals surface area contributed by atoms with Gasteiger partial charge in [0.05, 0.1) is 12.6 Å². The molecule has 68 valence electrons. The van der Waals surface area contributed by atoms with E-state index in [2.05, 4.69) is 10.6 Å². The Hall–Kier alpha value is -0.640. The summed E-state index contributed by atoms with van der Waals surface area (Å²) in [6, 6.07) is -0.119. The second kappa shape index (κ2) is 3.01. The molecule has 0 aromatic carbocycles. The molecule has 2 aliphatic rings. The minimum absolute atomic E-state index is 0.00894. The molecule has 12 heavy (non-hydrogen) atoms. The van der Waals surface area contributed by atoms with Gasteiger partial charge < -0.3 is 10.6 Å². The number of hydrogen-bond donors (Lipinski definition) is 2. The third-order valence-electron chi connectivity index (χ3n) is 2.66. The molecule has 2 rings (SSSR count). The number of carbonyl (C=O) groups is 1. The number of hydrogen-bond acceptors (Lipinski definition) is 2. The van der Waals surface area contributed by atoms with Crippen LogP contribution in [0.2, 0.25) is 0 Å². The van der Waals surface area contributed by atoms with Gasteiger partial charge in [-0.15, -0.1) is 0 Å². The summed E-state index contributed by atoms with van der Waals surface area (Å²) in [5.41, 5.74) is 0. The molecule has 2 fully saturated rings. The predicted octanol–water partition coefficient (Wildman–Crippen LogP) is -0.0350. The number of piperazine rings is 1. The zero-order valence-corrected chi connectivity index (χ0v) is 6.85. The van der Waals surface area contributed by atoms with Crippen molar-refractivity contribution in [2.45, 2.75) is 37.5 Å². The minimum Gasteiger partial charge on any atom is -0.351 e. The molecular formula is C8H13FN2O. The third kappa shape index (κ3) is 1.31. The Bertz CT molecular complexity index is 197. The highest BCUT2D eigenvalue weighted by molar-refractivity contribution is 5.79. The molecule has 1 heterocycles. The van der Waals surface area contributed by atoms with Crippen LogP contribution >= 0.6 is 0 Å². The highest BCUT2D eigenvalue weighted by Gasteiger charge is 2.36. The maximum absolute atomic E-state index is 13.2. The van der Waals surface area contributed by atoms with Gasteiger partial charge in [-0.2, -0.15) is 0 Å². The summed E-state index contributed by atoms with van der Waals surface area (Å²) in [6.45, 7) is 0.265. The van der Waals surface area contributed by atoms with Gasteiger partial charge in [0.25, 0.3) is 0 Å². The highest BCUT2D eigenvalue weighted by Crippen LogP contribution is 2.23. The second-order valence-corrected chi connectivity index (χ2v) is 3.53. The summed E-state index contributed by atoms with van der Waals surface area (Å²) < 4.78 is 13.2. The smallest absolute Gasteiger partial charge is 0.234 e. The fourth-order valence-electron chi connectivity index (χ4n) is 2.04. The van der Waals surface area contributed by atoms with E-state index in [0.717, 1.165) is 12.8 Å². The van der Waals surface area contributed by atoms with Crippen molar-refractivity contribution in [1.29, 1.82) is 0 Å². The standard InChI is InChI=1S/C8H13FN2O/c9-5-2-1-3-6-8(5)10-4-7(12)11-6/h5-6,8,10H,1-4H2,(H,11,12). The van der Waals surface area contributed by atoms with Gasteiger partial charge in [0.2, 0.25) is 5.91 Å². The lowest BCUT2D eigenvalue weighted by molar-refractivity contribution is -0.123. The molecule has 0 spiro atoms. The van der Waals surface area contributed by atoms with Crippen molar-refractivity contribution in [3.05, 3.63) is 0 Å². The Morgan fingerprint density at radius 1 is 1.42 bits per heavy atom. The van der Waals surface area contributed by atoms with Gasteiger partial charge in [-0.3, -0.25) is 4.79 Å². The SMILES string of the molecule is O=C1CNC2C(F)CCCC2N1. The monoisotopic (exact) mass is 172 g/mol. The Morgan fingerprint density at radius 2 is 2.25 bits per heavy atom. The van der Waals surface area contributed by atoms with E-state index in [1.807, 2.05) is 0 Å². The fraction of sp³-hybridized carbons (Fsp3) is 0.875. The summed E-state index contributed by atoms with van der Waals surface area (Å²) in [5.74, 6) is -0.00894. The van der Waals surface area contributed by atoms with Gasteiger partial charge in [0.15, 0.2) is 0 Å². The molecule has 1 aliphatic heterocycles. The molecule has 0 aromatic heterocycles. The van der Waals surface area contributed by atoms with Crippen LogP contribution in [-0.4, -0.2) is 30.7 Å². The van der Waals surface area contributed by atoms with Gasteiger partial charge in [0, 0.05) is 6.04 Å². The zero-order valence-electron chi connectivity index (χ0n) is 6.85. The van der Waals surface area contributed by atoms with E-state index < -0.39 is 6.17 Å². The Labute approximate surface area is 70.7 Å². The van der Waals surface area contributed by atoms with E-state index in [1.165, 1.54) is 0 Å². The zero-order chi connectivity index (χ0) is 8.55. The normalized spacial score (nSPS) is 41.8. The van der Waals surface area contributed by atoms with Crippen LogP contribution in [0, 0.1) is 0 Å². The Morgan fingerprint density at radius 3 is 3.08 bits per heavy atom. The highest BCUT2D eigenvalue weighted by atomic mass is 19.1. The van der Waals surface area contributed by atoms with Crippen molar-refractivity contribution in [2.24, 2.45) is 0 Å². The third-order valence-corrected chi connectivity index (χ3v) is 2.66. The molecule has 2 N–H and O–H groups in total. The van der Waals surface area contributed by atoms with E-state index in [-0.39, 0.29) is 24.5 Å². The molecule has 1 saturated carbocycles. The van der Waals surface area contributed by atoms with Crippen LogP contribution in [0.1, 0.15) is 19.3 Å². The van der Waals surface area contributed by atoms with Crippen LogP contribution in [-0.2, 0) is 4.79 Å². The predicted molar refractivity (Wildman–Crippen MR) is 42.5 cm³/mol. The van der Waals surface area contributed by atoms with Crippen LogP contribution in [0.15, 0.2) is 0 Å². The molecule has 1 amide bonds. The molecular weight excluding hydrogens is 159 g/mol. The number of carbonyl (C=O) groups excluding carboxylic acids is 1. The van der Waals surface area contributed by atoms with Gasteiger partial charge in [-0.25, -0.2) is 4.39 Å². The first-order valence-corrected chi connectivity index (χ1v) is 4.44. The lowest BCUT2D eigenvalue weighted by Gasteiger charge is -2.38. The second-order valence-electron chi connectivity index (χ2n) is 3.53. The van der Waals surface area contributed by atoms with E-state index in [0.29, 0.717) is 6.42 Å². The van der Waals surface area contributed by atoms with Crippen LogP contribution in [0.3, 0.4) is 0 Å². The summed E-state index contributed by atoms with van der Waals surface area (Å²) in [4.78, 5) is 10.9. The number of rotatable bonds is 0. The Kier molecular flexibility index (Phi) is 2.00. The van der Waals surface area contributed by atoms with E-state index in [4.69, 9.17) is 0 Å². The topological polar surface area (TPSA) is 41.1 Å². The maximum Gasteiger partial charge on any atom is 0.234 e. The Balaban J connectivity index is 2.04. The quantitative estimate of drug-likeness (QED) is 0.538. The largest absolute Gasteiger partial charge is 0.351 e. The molecule has 3 unspecified atom stereocenters. The maximum atomic E-state index is 13.2. The van der Waals surface area contributed by atoms with E-state index >= 15 is 0 Å². The lowest BCUT2D eigenvalue weighted by atomic mass is 9.87. The van der Waals surface area contributed by atoms with Crippen LogP contribution in [0.5, 0.6) is 0 Å². The molecule has 1 aliphatic carbocycles. The van der Waals surface area contributed by atoms with Crippen molar-refractivity contribution in [2.75, 3.05) is 6.54 Å². The van der Waals surface area contributed by atoms with Crippen LogP contribution < -0.4 is 10.6 Å². The first-order chi connectivity index (χ1) is 5.77. The van der Waals surface area contributed by atoms with Crippen molar-refractivity contribution < 1.29 is 9.18 Å². The van der Waals surface area contributed by atoms with Gasteiger partial charge >= 0.3 is 0 Å². The first kappa shape index (κ1) is 7.98. The number of alkyl halides is 1. The van der Waals surface area contributed by atoms with Crippen molar-refractivity contribution in [1.82, 2.24) is 10.6 Å². The first-order valence-electron chi connectivity index (χ1n) is 4.44. The van der Waals surface area contributed by atoms with Gasteiger partial charge in [-0.05, 0) is 19.3 Å². The molecule has 0 radical (unpaired) electrons. The number of fused-ring (bicyclic) bond motifs is 1. The fourth-order valence-corrected chi connectivity index (χ4v) is 2.04. The number of amides is 1. The summed E-state index contributed by atoms with van der Waals surface area (Å²) in [7, 11) is 0. The molecule has 3 nitrogen and oxygen atoms in total. The summed E-state index contributed by atoms with van der Waals surface area (Å²) in [5, 5.41) is 5.74. The van der Waals surface area contributed by atoms with E-state index in [9.17, 15) is 9.18 Å². The van der Waals surface area contributed by atoms with Crippen LogP contribution in [0.25, 0.3) is 0 Å². The molecule has 0 aromatic rings. The lowest BCUT2D eigenvalue weighted by Crippen LogP contribution is -2.63. The van der Waals surface area contributed by atoms with Crippen molar-refractivity contribution in [3.63, 3.8) is 0 Å². The molecule has 3 atom stereocenters. The van der Waals surface area contributed by atoms with Crippen LogP contribution in [0.4, 0.5) is 4.39 Å². The number of halogens is 1. The number of nitrogens with one attached hydrogen (secondary N) is 2. The van der Waals surface area contributed by atoms with Gasteiger partial charge in [0.1, 0.15) is 6.17 Å².